The summed E-state index contributed by atoms with van der Waals surface area (Å²) in [6.45, 7) is 10.2. The molecule has 0 aliphatic carbocycles. The van der Waals surface area contributed by atoms with Gasteiger partial charge in [-0.2, -0.15) is 9.97 Å². The smallest absolute Gasteiger partial charge is 0.229 e. The number of piperidine rings is 1. The predicted molar refractivity (Wildman–Crippen MR) is 92.9 cm³/mol. The fourth-order valence-corrected chi connectivity index (χ4v) is 2.74. The number of nitrogens with zero attached hydrogens (tertiary/aromatic N) is 4. The molecule has 1 aliphatic heterocycles. The van der Waals surface area contributed by atoms with E-state index in [9.17, 15) is 4.79 Å². The summed E-state index contributed by atoms with van der Waals surface area (Å²) in [5.41, 5.74) is 0.873. The molecule has 3 rings (SSSR count). The highest BCUT2D eigenvalue weighted by Crippen LogP contribution is 2.26. The zero-order valence-corrected chi connectivity index (χ0v) is 13.2. The van der Waals surface area contributed by atoms with Gasteiger partial charge in [0.1, 0.15) is 17.2 Å². The lowest BCUT2D eigenvalue weighted by atomic mass is 10.1. The SMILES string of the molecule is C=CCNc1nc(N2CCC(=O)CC2)nc2c1ccn2CC=C. The van der Waals surface area contributed by atoms with Crippen LogP contribution in [-0.4, -0.2) is 40.0 Å². The summed E-state index contributed by atoms with van der Waals surface area (Å²) in [6.07, 6.45) is 6.75. The van der Waals surface area contributed by atoms with Crippen LogP contribution in [0.5, 0.6) is 0 Å². The molecule has 0 radical (unpaired) electrons. The van der Waals surface area contributed by atoms with Crippen LogP contribution in [0.1, 0.15) is 12.8 Å². The van der Waals surface area contributed by atoms with Gasteiger partial charge in [-0.1, -0.05) is 12.2 Å². The molecule has 23 heavy (non-hydrogen) atoms. The van der Waals surface area contributed by atoms with Crippen molar-refractivity contribution in [3.63, 3.8) is 0 Å². The van der Waals surface area contributed by atoms with Crippen LogP contribution in [-0.2, 0) is 11.3 Å². The van der Waals surface area contributed by atoms with Crippen LogP contribution >= 0.6 is 0 Å². The monoisotopic (exact) mass is 311 g/mol. The average Bonchev–Trinajstić information content (AvgIpc) is 2.97. The fourth-order valence-electron chi connectivity index (χ4n) is 2.74. The first-order valence-corrected chi connectivity index (χ1v) is 7.82. The van der Waals surface area contributed by atoms with Crippen LogP contribution in [0.4, 0.5) is 11.8 Å². The van der Waals surface area contributed by atoms with Gasteiger partial charge in [0.15, 0.2) is 0 Å². The molecule has 1 N–H and O–H groups in total. The Labute approximate surface area is 135 Å². The van der Waals surface area contributed by atoms with Gasteiger partial charge in [0.05, 0.1) is 5.39 Å². The Morgan fingerprint density at radius 1 is 1.22 bits per heavy atom. The van der Waals surface area contributed by atoms with Crippen molar-refractivity contribution in [1.29, 1.82) is 0 Å². The second-order valence-corrected chi connectivity index (χ2v) is 5.56. The highest BCUT2D eigenvalue weighted by molar-refractivity contribution is 5.89. The first-order chi connectivity index (χ1) is 11.2. The number of aromatic nitrogens is 3. The second kappa shape index (κ2) is 6.64. The van der Waals surface area contributed by atoms with E-state index >= 15 is 0 Å². The summed E-state index contributed by atoms with van der Waals surface area (Å²) in [5.74, 6) is 1.77. The van der Waals surface area contributed by atoms with Crippen LogP contribution in [0.2, 0.25) is 0 Å². The van der Waals surface area contributed by atoms with Gasteiger partial charge in [-0.05, 0) is 6.07 Å². The number of rotatable bonds is 6. The Morgan fingerprint density at radius 2 is 2.00 bits per heavy atom. The lowest BCUT2D eigenvalue weighted by Crippen LogP contribution is -2.35. The first-order valence-electron chi connectivity index (χ1n) is 7.82. The number of hydrogen-bond acceptors (Lipinski definition) is 5. The molecule has 0 unspecified atom stereocenters. The van der Waals surface area contributed by atoms with Crippen molar-refractivity contribution in [2.24, 2.45) is 0 Å². The second-order valence-electron chi connectivity index (χ2n) is 5.56. The number of carbonyl (C=O) groups excluding carboxylic acids is 1. The Hall–Kier alpha value is -2.63. The van der Waals surface area contributed by atoms with E-state index in [0.29, 0.717) is 50.8 Å². The predicted octanol–water partition coefficient (Wildman–Crippen LogP) is 2.38. The van der Waals surface area contributed by atoms with Gasteiger partial charge in [0.2, 0.25) is 5.95 Å². The average molecular weight is 311 g/mol. The number of Topliss-reactive ketones (excluding diaryl/α,β-unsaturated/α-hetero) is 1. The number of hydrogen-bond donors (Lipinski definition) is 1. The minimum absolute atomic E-state index is 0.308. The summed E-state index contributed by atoms with van der Waals surface area (Å²) in [4.78, 5) is 22.9. The summed E-state index contributed by atoms with van der Waals surface area (Å²) in [6, 6.07) is 2.01. The minimum atomic E-state index is 0.308. The molecule has 0 amide bonds. The summed E-state index contributed by atoms with van der Waals surface area (Å²) in [7, 11) is 0. The molecule has 0 aromatic carbocycles. The maximum Gasteiger partial charge on any atom is 0.229 e. The van der Waals surface area contributed by atoms with Crippen LogP contribution in [0, 0.1) is 0 Å². The highest BCUT2D eigenvalue weighted by Gasteiger charge is 2.20. The van der Waals surface area contributed by atoms with Gasteiger partial charge in [-0.15, -0.1) is 13.2 Å². The van der Waals surface area contributed by atoms with Crippen molar-refractivity contribution in [3.8, 4) is 0 Å². The third kappa shape index (κ3) is 3.11. The molecule has 0 saturated carbocycles. The Balaban J connectivity index is 2.02. The van der Waals surface area contributed by atoms with Gasteiger partial charge in [0, 0.05) is 45.2 Å². The van der Waals surface area contributed by atoms with E-state index in [0.717, 1.165) is 16.9 Å². The lowest BCUT2D eigenvalue weighted by molar-refractivity contribution is -0.119. The number of allylic oxidation sites excluding steroid dienone is 1. The van der Waals surface area contributed by atoms with Crippen LogP contribution < -0.4 is 10.2 Å². The van der Waals surface area contributed by atoms with Gasteiger partial charge in [-0.25, -0.2) is 0 Å². The van der Waals surface area contributed by atoms with Crippen molar-refractivity contribution in [2.45, 2.75) is 19.4 Å². The van der Waals surface area contributed by atoms with E-state index in [4.69, 9.17) is 4.98 Å². The Morgan fingerprint density at radius 3 is 2.70 bits per heavy atom. The third-order valence-electron chi connectivity index (χ3n) is 3.95. The van der Waals surface area contributed by atoms with Gasteiger partial charge in [-0.3, -0.25) is 4.79 Å². The quantitative estimate of drug-likeness (QED) is 0.830. The van der Waals surface area contributed by atoms with E-state index in [1.165, 1.54) is 0 Å². The zero-order valence-electron chi connectivity index (χ0n) is 13.2. The number of fused-ring (bicyclic) bond motifs is 1. The van der Waals surface area contributed by atoms with Crippen molar-refractivity contribution < 1.29 is 4.79 Å². The van der Waals surface area contributed by atoms with Gasteiger partial charge >= 0.3 is 0 Å². The molecule has 6 nitrogen and oxygen atoms in total. The van der Waals surface area contributed by atoms with Crippen LogP contribution in [0.15, 0.2) is 37.6 Å². The molecular formula is C17H21N5O. The first kappa shape index (κ1) is 15.3. The van der Waals surface area contributed by atoms with E-state index in [1.54, 1.807) is 6.08 Å². The van der Waals surface area contributed by atoms with Gasteiger partial charge in [0.25, 0.3) is 0 Å². The molecule has 2 aromatic heterocycles. The maximum atomic E-state index is 11.5. The summed E-state index contributed by atoms with van der Waals surface area (Å²) < 4.78 is 2.04. The normalized spacial score (nSPS) is 15.0. The highest BCUT2D eigenvalue weighted by atomic mass is 16.1. The Bertz CT molecular complexity index is 739. The third-order valence-corrected chi connectivity index (χ3v) is 3.95. The fraction of sp³-hybridized carbons (Fsp3) is 0.353. The van der Waals surface area contributed by atoms with E-state index < -0.39 is 0 Å². The van der Waals surface area contributed by atoms with Crippen molar-refractivity contribution in [1.82, 2.24) is 14.5 Å². The molecule has 3 heterocycles. The number of ketones is 1. The molecule has 0 spiro atoms. The molecular weight excluding hydrogens is 290 g/mol. The summed E-state index contributed by atoms with van der Waals surface area (Å²) in [5, 5.41) is 4.26. The van der Waals surface area contributed by atoms with Crippen molar-refractivity contribution in [3.05, 3.63) is 37.6 Å². The lowest BCUT2D eigenvalue weighted by Gasteiger charge is -2.26. The Kier molecular flexibility index (Phi) is 4.41. The molecule has 1 aliphatic rings. The van der Waals surface area contributed by atoms with Crippen LogP contribution in [0.3, 0.4) is 0 Å². The van der Waals surface area contributed by atoms with Crippen molar-refractivity contribution >= 4 is 28.6 Å². The minimum Gasteiger partial charge on any atom is -0.366 e. The van der Waals surface area contributed by atoms with Gasteiger partial charge < -0.3 is 14.8 Å². The standard InChI is InChI=1S/C17H21N5O/c1-3-8-18-15-14-7-12-21(9-4-2)16(14)20-17(19-15)22-10-5-13(23)6-11-22/h3-4,7,12H,1-2,5-6,8-11H2,(H,18,19,20). The molecule has 2 aromatic rings. The number of carbonyl (C=O) groups is 1. The number of nitrogens with one attached hydrogen (secondary N) is 1. The molecule has 120 valence electrons. The zero-order chi connectivity index (χ0) is 16.2. The molecule has 1 saturated heterocycles. The van der Waals surface area contributed by atoms with Crippen molar-refractivity contribution in [2.75, 3.05) is 29.9 Å². The number of anilines is 2. The topological polar surface area (TPSA) is 63.1 Å². The van der Waals surface area contributed by atoms with E-state index in [1.807, 2.05) is 22.9 Å². The molecule has 0 bridgehead atoms. The largest absolute Gasteiger partial charge is 0.366 e. The summed E-state index contributed by atoms with van der Waals surface area (Å²) >= 11 is 0. The van der Waals surface area contributed by atoms with E-state index in [-0.39, 0.29) is 0 Å². The molecule has 0 atom stereocenters. The van der Waals surface area contributed by atoms with E-state index in [2.05, 4.69) is 28.4 Å². The van der Waals surface area contributed by atoms with Crippen LogP contribution in [0.25, 0.3) is 11.0 Å². The molecule has 1 fully saturated rings. The molecule has 6 heteroatoms. The maximum absolute atomic E-state index is 11.5.